The van der Waals surface area contributed by atoms with Crippen molar-refractivity contribution in [2.75, 3.05) is 6.61 Å². The molecule has 1 aromatic carbocycles. The summed E-state index contributed by atoms with van der Waals surface area (Å²) < 4.78 is 5.35. The molecular formula is C13H17NO6S. The van der Waals surface area contributed by atoms with E-state index in [-0.39, 0.29) is 5.04 Å². The van der Waals surface area contributed by atoms with E-state index in [9.17, 15) is 15.3 Å². The minimum Gasteiger partial charge on any atom is -0.410 e. The van der Waals surface area contributed by atoms with Crippen molar-refractivity contribution in [3.05, 3.63) is 35.9 Å². The number of aliphatic hydroxyl groups excluding tert-OH is 4. The number of thioether (sulfide) groups is 1. The molecule has 0 bridgehead atoms. The summed E-state index contributed by atoms with van der Waals surface area (Å²) in [4.78, 5) is 0. The van der Waals surface area contributed by atoms with Gasteiger partial charge in [0.2, 0.25) is 0 Å². The molecule has 1 heterocycles. The second-order valence-electron chi connectivity index (χ2n) is 4.59. The van der Waals surface area contributed by atoms with Crippen molar-refractivity contribution in [3.8, 4) is 0 Å². The molecule has 0 spiro atoms. The monoisotopic (exact) mass is 315 g/mol. The Morgan fingerprint density at radius 2 is 1.76 bits per heavy atom. The van der Waals surface area contributed by atoms with E-state index in [4.69, 9.17) is 15.1 Å². The Morgan fingerprint density at radius 1 is 1.10 bits per heavy atom. The van der Waals surface area contributed by atoms with Crippen molar-refractivity contribution >= 4 is 16.8 Å². The van der Waals surface area contributed by atoms with Crippen LogP contribution in [0.25, 0.3) is 0 Å². The van der Waals surface area contributed by atoms with Crippen molar-refractivity contribution < 1.29 is 30.4 Å². The van der Waals surface area contributed by atoms with Crippen LogP contribution in [-0.2, 0) is 4.74 Å². The highest BCUT2D eigenvalue weighted by atomic mass is 32.2. The number of hydrogen-bond acceptors (Lipinski definition) is 8. The number of aliphatic hydroxyl groups is 4. The lowest BCUT2D eigenvalue weighted by molar-refractivity contribution is -0.205. The Bertz CT molecular complexity index is 483. The van der Waals surface area contributed by atoms with Gasteiger partial charge in [-0.1, -0.05) is 47.2 Å². The van der Waals surface area contributed by atoms with Gasteiger partial charge in [0.15, 0.2) is 0 Å². The van der Waals surface area contributed by atoms with E-state index < -0.39 is 36.5 Å². The summed E-state index contributed by atoms with van der Waals surface area (Å²) in [5.41, 5.74) is -0.367. The normalized spacial score (nSPS) is 33.9. The predicted molar refractivity (Wildman–Crippen MR) is 76.1 cm³/mol. The zero-order chi connectivity index (χ0) is 15.4. The largest absolute Gasteiger partial charge is 0.410 e. The Morgan fingerprint density at radius 3 is 2.33 bits per heavy atom. The van der Waals surface area contributed by atoms with Crippen LogP contribution in [0.5, 0.6) is 0 Å². The van der Waals surface area contributed by atoms with Gasteiger partial charge in [-0.05, 0) is 0 Å². The van der Waals surface area contributed by atoms with E-state index in [0.717, 1.165) is 11.8 Å². The number of ether oxygens (including phenoxy) is 1. The molecule has 1 saturated heterocycles. The second-order valence-corrected chi connectivity index (χ2v) is 5.67. The van der Waals surface area contributed by atoms with Gasteiger partial charge in [-0.15, -0.1) is 0 Å². The molecule has 21 heavy (non-hydrogen) atoms. The zero-order valence-corrected chi connectivity index (χ0v) is 11.8. The summed E-state index contributed by atoms with van der Waals surface area (Å²) in [6.07, 6.45) is -5.23. The van der Waals surface area contributed by atoms with Crippen LogP contribution < -0.4 is 0 Å². The third-order valence-corrected chi connectivity index (χ3v) is 4.35. The molecule has 1 fully saturated rings. The molecule has 0 amide bonds. The lowest BCUT2D eigenvalue weighted by Crippen LogP contribution is -2.57. The van der Waals surface area contributed by atoms with Crippen LogP contribution in [0.1, 0.15) is 5.56 Å². The summed E-state index contributed by atoms with van der Waals surface area (Å²) in [7, 11) is 0. The Kier molecular flexibility index (Phi) is 5.57. The van der Waals surface area contributed by atoms with Crippen molar-refractivity contribution in [2.24, 2.45) is 5.16 Å². The van der Waals surface area contributed by atoms with Gasteiger partial charge in [0.1, 0.15) is 34.9 Å². The van der Waals surface area contributed by atoms with Gasteiger partial charge < -0.3 is 30.4 Å². The molecule has 5 atom stereocenters. The molecule has 0 radical (unpaired) electrons. The molecule has 1 aliphatic rings. The maximum Gasteiger partial charge on any atom is 0.145 e. The van der Waals surface area contributed by atoms with Crippen LogP contribution in [-0.4, -0.2) is 67.1 Å². The minimum atomic E-state index is -1.45. The number of oxime groups is 1. The third kappa shape index (κ3) is 3.54. The van der Waals surface area contributed by atoms with Gasteiger partial charge >= 0.3 is 0 Å². The SMILES string of the molecule is OC[C@H]1O[C@@H](S/C(=N/O)c2ccccc2)[C@H](O)[C@@H](O)[C@@H]1O. The molecule has 0 unspecified atom stereocenters. The van der Waals surface area contributed by atoms with Gasteiger partial charge in [-0.3, -0.25) is 0 Å². The van der Waals surface area contributed by atoms with Crippen LogP contribution in [0.4, 0.5) is 0 Å². The molecule has 0 aliphatic carbocycles. The van der Waals surface area contributed by atoms with E-state index >= 15 is 0 Å². The van der Waals surface area contributed by atoms with Crippen molar-refractivity contribution in [2.45, 2.75) is 29.9 Å². The molecule has 5 N–H and O–H groups in total. The average Bonchev–Trinajstić information content (AvgIpc) is 2.53. The molecule has 0 aromatic heterocycles. The molecule has 8 heteroatoms. The van der Waals surface area contributed by atoms with Crippen LogP contribution in [0.15, 0.2) is 35.5 Å². The Balaban J connectivity index is 2.14. The predicted octanol–water partition coefficient (Wildman–Crippen LogP) is -0.645. The fourth-order valence-electron chi connectivity index (χ4n) is 2.00. The second kappa shape index (κ2) is 7.21. The van der Waals surface area contributed by atoms with Crippen molar-refractivity contribution in [1.29, 1.82) is 0 Å². The number of hydrogen-bond donors (Lipinski definition) is 5. The maximum atomic E-state index is 9.94. The Labute approximate surface area is 125 Å². The van der Waals surface area contributed by atoms with Gasteiger partial charge in [-0.25, -0.2) is 0 Å². The maximum absolute atomic E-state index is 9.94. The van der Waals surface area contributed by atoms with Crippen LogP contribution in [0.2, 0.25) is 0 Å². The van der Waals surface area contributed by atoms with Crippen LogP contribution >= 0.6 is 11.8 Å². The molecule has 2 rings (SSSR count). The van der Waals surface area contributed by atoms with Crippen molar-refractivity contribution in [3.63, 3.8) is 0 Å². The summed E-state index contributed by atoms with van der Waals surface area (Å²) >= 11 is 0.897. The number of rotatable bonds is 3. The number of benzene rings is 1. The lowest BCUT2D eigenvalue weighted by Gasteiger charge is -2.39. The molecule has 0 saturated carbocycles. The molecule has 1 aromatic rings. The van der Waals surface area contributed by atoms with Gasteiger partial charge in [0, 0.05) is 5.56 Å². The summed E-state index contributed by atoms with van der Waals surface area (Å²) in [5.74, 6) is 0. The van der Waals surface area contributed by atoms with Crippen LogP contribution in [0.3, 0.4) is 0 Å². The van der Waals surface area contributed by atoms with E-state index in [2.05, 4.69) is 5.16 Å². The van der Waals surface area contributed by atoms with Gasteiger partial charge in [0.05, 0.1) is 6.61 Å². The Hall–Kier alpha value is -1.16. The fourth-order valence-corrected chi connectivity index (χ4v) is 3.04. The van der Waals surface area contributed by atoms with E-state index in [0.29, 0.717) is 5.56 Å². The van der Waals surface area contributed by atoms with E-state index in [1.165, 1.54) is 0 Å². The topological polar surface area (TPSA) is 123 Å². The van der Waals surface area contributed by atoms with E-state index in [1.54, 1.807) is 30.3 Å². The number of nitrogens with zero attached hydrogens (tertiary/aromatic N) is 1. The summed E-state index contributed by atoms with van der Waals surface area (Å²) in [6.45, 7) is -0.501. The van der Waals surface area contributed by atoms with Crippen molar-refractivity contribution in [1.82, 2.24) is 0 Å². The van der Waals surface area contributed by atoms with E-state index in [1.807, 2.05) is 0 Å². The summed E-state index contributed by atoms with van der Waals surface area (Å²) in [5, 5.41) is 50.9. The molecule has 7 nitrogen and oxygen atoms in total. The molecular weight excluding hydrogens is 298 g/mol. The first-order chi connectivity index (χ1) is 10.1. The van der Waals surface area contributed by atoms with Crippen LogP contribution in [0, 0.1) is 0 Å². The van der Waals surface area contributed by atoms with Gasteiger partial charge in [-0.2, -0.15) is 0 Å². The lowest BCUT2D eigenvalue weighted by atomic mass is 10.0. The molecule has 116 valence electrons. The molecule has 1 aliphatic heterocycles. The van der Waals surface area contributed by atoms with Gasteiger partial charge in [0.25, 0.3) is 0 Å². The zero-order valence-electron chi connectivity index (χ0n) is 11.0. The highest BCUT2D eigenvalue weighted by molar-refractivity contribution is 8.14. The first-order valence-corrected chi connectivity index (χ1v) is 7.21. The standard InChI is InChI=1S/C13H17NO6S/c15-6-8-9(16)10(17)11(18)13(20-8)21-12(14-19)7-4-2-1-3-5-7/h1-5,8-11,13,15-19H,6H2/b14-12+/t8-,9-,10+,11-,13+/m1/s1. The highest BCUT2D eigenvalue weighted by Crippen LogP contribution is 2.30. The third-order valence-electron chi connectivity index (χ3n) is 3.19. The summed E-state index contributed by atoms with van der Waals surface area (Å²) in [6, 6.07) is 8.75. The first-order valence-electron chi connectivity index (χ1n) is 6.33. The first kappa shape index (κ1) is 16.2. The smallest absolute Gasteiger partial charge is 0.145 e. The average molecular weight is 315 g/mol. The highest BCUT2D eigenvalue weighted by Gasteiger charge is 2.44. The minimum absolute atomic E-state index is 0.194. The fraction of sp³-hybridized carbons (Fsp3) is 0.462. The quantitative estimate of drug-likeness (QED) is 0.217.